The predicted molar refractivity (Wildman–Crippen MR) is 72.4 cm³/mol. The number of ether oxygens (including phenoxy) is 1. The van der Waals surface area contributed by atoms with E-state index in [0.717, 1.165) is 32.3 Å². The van der Waals surface area contributed by atoms with Crippen molar-refractivity contribution < 1.29 is 4.74 Å². The van der Waals surface area contributed by atoms with Gasteiger partial charge in [-0.3, -0.25) is 0 Å². The van der Waals surface area contributed by atoms with Crippen LogP contribution in [-0.4, -0.2) is 13.7 Å². The first-order valence-corrected chi connectivity index (χ1v) is 6.08. The van der Waals surface area contributed by atoms with Gasteiger partial charge < -0.3 is 4.74 Å². The Morgan fingerprint density at radius 3 is 1.93 bits per heavy atom. The molecule has 0 aromatic carbocycles. The van der Waals surface area contributed by atoms with Gasteiger partial charge in [0.15, 0.2) is 0 Å². The van der Waals surface area contributed by atoms with E-state index in [9.17, 15) is 0 Å². The normalized spacial score (nSPS) is 8.60. The molecule has 0 aliphatic rings. The third kappa shape index (κ3) is 42.4. The summed E-state index contributed by atoms with van der Waals surface area (Å²) in [5, 5.41) is 0. The Balaban J connectivity index is -0.000000177. The van der Waals surface area contributed by atoms with Crippen molar-refractivity contribution in [1.82, 2.24) is 0 Å². The van der Waals surface area contributed by atoms with Crippen molar-refractivity contribution in [3.05, 3.63) is 24.8 Å². The van der Waals surface area contributed by atoms with Gasteiger partial charge in [-0.15, -0.1) is 6.58 Å². The zero-order valence-corrected chi connectivity index (χ0v) is 11.4. The van der Waals surface area contributed by atoms with Gasteiger partial charge in [0, 0.05) is 13.7 Å². The molecule has 0 aromatic heterocycles. The molecule has 0 aliphatic carbocycles. The first-order chi connectivity index (χ1) is 7.33. The summed E-state index contributed by atoms with van der Waals surface area (Å²) in [6.07, 6.45) is 10.9. The van der Waals surface area contributed by atoms with E-state index in [1.54, 1.807) is 7.11 Å². The SMILES string of the molecule is C=CCC/C=C\CC.CC.CCCOC. The molecule has 0 atom stereocenters. The summed E-state index contributed by atoms with van der Waals surface area (Å²) in [7, 11) is 1.71. The molecular weight excluding hydrogens is 184 g/mol. The Morgan fingerprint density at radius 1 is 1.07 bits per heavy atom. The van der Waals surface area contributed by atoms with Crippen LogP contribution in [0.5, 0.6) is 0 Å². The van der Waals surface area contributed by atoms with Gasteiger partial charge >= 0.3 is 0 Å². The van der Waals surface area contributed by atoms with Crippen molar-refractivity contribution in [3.8, 4) is 0 Å². The summed E-state index contributed by atoms with van der Waals surface area (Å²) in [6, 6.07) is 0. The predicted octanol–water partition coefficient (Wildman–Crippen LogP) is 4.99. The van der Waals surface area contributed by atoms with Gasteiger partial charge in [0.05, 0.1) is 0 Å². The van der Waals surface area contributed by atoms with Crippen LogP contribution in [0, 0.1) is 0 Å². The van der Waals surface area contributed by atoms with Crippen LogP contribution in [0.3, 0.4) is 0 Å². The zero-order valence-electron chi connectivity index (χ0n) is 11.4. The quantitative estimate of drug-likeness (QED) is 0.447. The van der Waals surface area contributed by atoms with E-state index in [0.29, 0.717) is 0 Å². The monoisotopic (exact) mass is 214 g/mol. The second-order valence-electron chi connectivity index (χ2n) is 2.74. The van der Waals surface area contributed by atoms with Crippen LogP contribution < -0.4 is 0 Å². The lowest BCUT2D eigenvalue weighted by Crippen LogP contribution is -1.80. The number of hydrogen-bond donors (Lipinski definition) is 0. The number of allylic oxidation sites excluding steroid dienone is 3. The molecule has 0 unspecified atom stereocenters. The van der Waals surface area contributed by atoms with Crippen LogP contribution >= 0.6 is 0 Å². The van der Waals surface area contributed by atoms with E-state index >= 15 is 0 Å². The number of unbranched alkanes of at least 4 members (excludes halogenated alkanes) is 1. The van der Waals surface area contributed by atoms with Gasteiger partial charge in [-0.25, -0.2) is 0 Å². The van der Waals surface area contributed by atoms with Crippen LogP contribution in [0.25, 0.3) is 0 Å². The number of hydrogen-bond acceptors (Lipinski definition) is 1. The van der Waals surface area contributed by atoms with Crippen LogP contribution in [0.15, 0.2) is 24.8 Å². The van der Waals surface area contributed by atoms with E-state index < -0.39 is 0 Å². The van der Waals surface area contributed by atoms with Gasteiger partial charge in [0.1, 0.15) is 0 Å². The molecule has 0 radical (unpaired) electrons. The minimum atomic E-state index is 0.889. The average molecular weight is 214 g/mol. The molecule has 0 spiro atoms. The summed E-state index contributed by atoms with van der Waals surface area (Å²) < 4.78 is 4.69. The fourth-order valence-corrected chi connectivity index (χ4v) is 0.703. The van der Waals surface area contributed by atoms with Crippen LogP contribution in [0.2, 0.25) is 0 Å². The van der Waals surface area contributed by atoms with Crippen LogP contribution in [-0.2, 0) is 4.74 Å². The van der Waals surface area contributed by atoms with Gasteiger partial charge in [-0.1, -0.05) is 45.9 Å². The molecule has 0 amide bonds. The highest BCUT2D eigenvalue weighted by atomic mass is 16.5. The van der Waals surface area contributed by atoms with E-state index in [1.165, 1.54) is 0 Å². The Labute approximate surface area is 97.2 Å². The lowest BCUT2D eigenvalue weighted by atomic mass is 10.3. The van der Waals surface area contributed by atoms with Crippen molar-refractivity contribution in [3.63, 3.8) is 0 Å². The van der Waals surface area contributed by atoms with Crippen LogP contribution in [0.4, 0.5) is 0 Å². The summed E-state index contributed by atoms with van der Waals surface area (Å²) >= 11 is 0. The second-order valence-corrected chi connectivity index (χ2v) is 2.74. The largest absolute Gasteiger partial charge is 0.385 e. The van der Waals surface area contributed by atoms with Gasteiger partial charge in [0.2, 0.25) is 0 Å². The first kappa shape index (κ1) is 19.9. The Kier molecular flexibility index (Phi) is 38.8. The third-order valence-electron chi connectivity index (χ3n) is 1.35. The van der Waals surface area contributed by atoms with Gasteiger partial charge in [-0.05, 0) is 25.7 Å². The molecular formula is C14H30O. The van der Waals surface area contributed by atoms with Crippen molar-refractivity contribution >= 4 is 0 Å². The van der Waals surface area contributed by atoms with Crippen molar-refractivity contribution in [2.75, 3.05) is 13.7 Å². The zero-order chi connectivity index (χ0) is 12.4. The Bertz CT molecular complexity index is 104. The highest BCUT2D eigenvalue weighted by Crippen LogP contribution is 1.91. The fourth-order valence-electron chi connectivity index (χ4n) is 0.703. The molecule has 15 heavy (non-hydrogen) atoms. The summed E-state index contributed by atoms with van der Waals surface area (Å²) in [5.74, 6) is 0. The van der Waals surface area contributed by atoms with Crippen LogP contribution in [0.1, 0.15) is 53.4 Å². The molecule has 0 N–H and O–H groups in total. The van der Waals surface area contributed by atoms with E-state index in [4.69, 9.17) is 4.74 Å². The van der Waals surface area contributed by atoms with Crippen molar-refractivity contribution in [2.45, 2.75) is 53.4 Å². The Hall–Kier alpha value is -0.560. The van der Waals surface area contributed by atoms with Crippen molar-refractivity contribution in [2.24, 2.45) is 0 Å². The van der Waals surface area contributed by atoms with Crippen molar-refractivity contribution in [1.29, 1.82) is 0 Å². The lowest BCUT2D eigenvalue weighted by molar-refractivity contribution is 0.199. The van der Waals surface area contributed by atoms with Gasteiger partial charge in [0.25, 0.3) is 0 Å². The minimum Gasteiger partial charge on any atom is -0.385 e. The summed E-state index contributed by atoms with van der Waals surface area (Å²) in [4.78, 5) is 0. The average Bonchev–Trinajstić information content (AvgIpc) is 2.29. The third-order valence-corrected chi connectivity index (χ3v) is 1.35. The maximum Gasteiger partial charge on any atom is 0.0459 e. The molecule has 92 valence electrons. The molecule has 0 aliphatic heterocycles. The molecule has 0 saturated carbocycles. The lowest BCUT2D eigenvalue weighted by Gasteiger charge is -1.84. The molecule has 0 aromatic rings. The smallest absolute Gasteiger partial charge is 0.0459 e. The Morgan fingerprint density at radius 2 is 1.67 bits per heavy atom. The maximum atomic E-state index is 4.69. The summed E-state index contributed by atoms with van der Waals surface area (Å²) in [6.45, 7) is 12.7. The standard InChI is InChI=1S/C8H14.C4H10O.C2H6/c1-3-5-7-8-6-4-2;1-3-4-5-2;1-2/h3,6,8H,1,4-5,7H2,2H3;3-4H2,1-2H3;1-2H3/b8-6-;;. The topological polar surface area (TPSA) is 9.23 Å². The fraction of sp³-hybridized carbons (Fsp3) is 0.714. The molecule has 1 nitrogen and oxygen atoms in total. The number of rotatable bonds is 6. The maximum absolute atomic E-state index is 4.69. The molecule has 0 fully saturated rings. The van der Waals surface area contributed by atoms with E-state index in [-0.39, 0.29) is 0 Å². The first-order valence-electron chi connectivity index (χ1n) is 6.08. The van der Waals surface area contributed by atoms with E-state index in [1.807, 2.05) is 19.9 Å². The molecule has 0 heterocycles. The van der Waals surface area contributed by atoms with E-state index in [2.05, 4.69) is 32.6 Å². The molecule has 0 saturated heterocycles. The highest BCUT2D eigenvalue weighted by Gasteiger charge is 1.70. The highest BCUT2D eigenvalue weighted by molar-refractivity contribution is 4.82. The number of methoxy groups -OCH3 is 1. The second kappa shape index (κ2) is 29.2. The van der Waals surface area contributed by atoms with Gasteiger partial charge in [-0.2, -0.15) is 0 Å². The molecule has 0 rings (SSSR count). The molecule has 1 heteroatoms. The summed E-state index contributed by atoms with van der Waals surface area (Å²) in [5.41, 5.74) is 0. The minimum absolute atomic E-state index is 0.889. The molecule has 0 bridgehead atoms.